The van der Waals surface area contributed by atoms with Crippen LogP contribution in [-0.4, -0.2) is 60.1 Å². The molecule has 8 nitrogen and oxygen atoms in total. The summed E-state index contributed by atoms with van der Waals surface area (Å²) < 4.78 is 10.7. The van der Waals surface area contributed by atoms with E-state index in [1.54, 1.807) is 42.3 Å². The predicted octanol–water partition coefficient (Wildman–Crippen LogP) is 3.31. The Bertz CT molecular complexity index is 930. The Morgan fingerprint density at radius 2 is 2.00 bits per heavy atom. The molecule has 0 aliphatic carbocycles. The molecule has 0 bridgehead atoms. The molecule has 1 aromatic carbocycles. The zero-order valence-corrected chi connectivity index (χ0v) is 18.7. The van der Waals surface area contributed by atoms with Crippen molar-refractivity contribution < 1.29 is 19.1 Å². The number of aromatic nitrogens is 1. The van der Waals surface area contributed by atoms with Crippen molar-refractivity contribution in [3.63, 3.8) is 0 Å². The summed E-state index contributed by atoms with van der Waals surface area (Å²) in [6.45, 7) is 6.94. The molecule has 8 heteroatoms. The Labute approximate surface area is 183 Å². The van der Waals surface area contributed by atoms with E-state index in [2.05, 4.69) is 24.1 Å². The minimum Gasteiger partial charge on any atom is -0.497 e. The molecule has 1 aromatic heterocycles. The summed E-state index contributed by atoms with van der Waals surface area (Å²) in [5.41, 5.74) is 2.37. The van der Waals surface area contributed by atoms with Crippen molar-refractivity contribution in [3.05, 3.63) is 47.8 Å². The van der Waals surface area contributed by atoms with Gasteiger partial charge in [-0.2, -0.15) is 0 Å². The molecule has 0 unspecified atom stereocenters. The van der Waals surface area contributed by atoms with Gasteiger partial charge in [0.05, 0.1) is 38.7 Å². The van der Waals surface area contributed by atoms with Crippen molar-refractivity contribution in [2.24, 2.45) is 5.92 Å². The topological polar surface area (TPSA) is 84.0 Å². The highest BCUT2D eigenvalue weighted by atomic mass is 16.5. The molecule has 3 rings (SSSR count). The fraction of sp³-hybridized carbons (Fsp3) is 0.435. The van der Waals surface area contributed by atoms with Crippen LogP contribution in [0.1, 0.15) is 25.1 Å². The zero-order valence-electron chi connectivity index (χ0n) is 18.7. The summed E-state index contributed by atoms with van der Waals surface area (Å²) in [5.74, 6) is 1.32. The smallest absolute Gasteiger partial charge is 0.321 e. The van der Waals surface area contributed by atoms with Crippen LogP contribution >= 0.6 is 0 Å². The van der Waals surface area contributed by atoms with Crippen LogP contribution in [0.4, 0.5) is 10.5 Å². The van der Waals surface area contributed by atoms with Crippen LogP contribution in [0.5, 0.6) is 11.5 Å². The maximum absolute atomic E-state index is 13.2. The van der Waals surface area contributed by atoms with Crippen LogP contribution in [-0.2, 0) is 11.3 Å². The first-order valence-electron chi connectivity index (χ1n) is 10.3. The molecule has 1 fully saturated rings. The summed E-state index contributed by atoms with van der Waals surface area (Å²) >= 11 is 0. The number of methoxy groups -OCH3 is 2. The Hall–Kier alpha value is -3.29. The second-order valence-electron chi connectivity index (χ2n) is 8.02. The van der Waals surface area contributed by atoms with Crippen molar-refractivity contribution in [3.8, 4) is 11.5 Å². The number of aryl methyl sites for hydroxylation is 1. The number of nitrogens with zero attached hydrogens (tertiary/aromatic N) is 3. The number of hydrogen-bond donors (Lipinski definition) is 1. The monoisotopic (exact) mass is 426 g/mol. The maximum Gasteiger partial charge on any atom is 0.321 e. The summed E-state index contributed by atoms with van der Waals surface area (Å²) in [7, 11) is 3.19. The lowest BCUT2D eigenvalue weighted by Gasteiger charge is -2.25. The van der Waals surface area contributed by atoms with Crippen LogP contribution in [0.3, 0.4) is 0 Å². The maximum atomic E-state index is 13.2. The molecule has 2 heterocycles. The number of carbonyl (C=O) groups is 2. The molecular formula is C23H30N4O4. The van der Waals surface area contributed by atoms with E-state index in [1.165, 1.54) is 0 Å². The minimum absolute atomic E-state index is 0.00813. The molecule has 0 saturated carbocycles. The SMILES string of the molecule is COc1ccc(CN2C[C@H](C(C)C)N(CC(=O)Nc3ccc(C)nc3)C2=O)c(OC)c1. The molecule has 1 N–H and O–H groups in total. The highest BCUT2D eigenvalue weighted by Crippen LogP contribution is 2.29. The third-order valence-electron chi connectivity index (χ3n) is 5.46. The second-order valence-corrected chi connectivity index (χ2v) is 8.02. The van der Waals surface area contributed by atoms with Crippen molar-refractivity contribution in [2.45, 2.75) is 33.4 Å². The average molecular weight is 427 g/mol. The minimum atomic E-state index is -0.242. The summed E-state index contributed by atoms with van der Waals surface area (Å²) in [6.07, 6.45) is 1.61. The van der Waals surface area contributed by atoms with Crippen molar-refractivity contribution >= 4 is 17.6 Å². The Morgan fingerprint density at radius 1 is 1.23 bits per heavy atom. The number of amides is 3. The van der Waals surface area contributed by atoms with E-state index >= 15 is 0 Å². The van der Waals surface area contributed by atoms with Crippen molar-refractivity contribution in [2.75, 3.05) is 32.6 Å². The average Bonchev–Trinajstić information content (AvgIpc) is 3.05. The number of benzene rings is 1. The number of hydrogen-bond acceptors (Lipinski definition) is 5. The van der Waals surface area contributed by atoms with Crippen LogP contribution < -0.4 is 14.8 Å². The van der Waals surface area contributed by atoms with E-state index in [4.69, 9.17) is 9.47 Å². The van der Waals surface area contributed by atoms with Gasteiger partial charge in [-0.05, 0) is 37.1 Å². The van der Waals surface area contributed by atoms with Gasteiger partial charge in [-0.15, -0.1) is 0 Å². The molecule has 1 atom stereocenters. The lowest BCUT2D eigenvalue weighted by Crippen LogP contribution is -2.42. The molecule has 0 spiro atoms. The molecule has 2 aromatic rings. The van der Waals surface area contributed by atoms with Gasteiger partial charge in [0, 0.05) is 23.9 Å². The number of nitrogens with one attached hydrogen (secondary N) is 1. The summed E-state index contributed by atoms with van der Waals surface area (Å²) in [4.78, 5) is 33.4. The highest BCUT2D eigenvalue weighted by molar-refractivity contribution is 5.94. The largest absolute Gasteiger partial charge is 0.497 e. The number of urea groups is 1. The normalized spacial score (nSPS) is 16.1. The van der Waals surface area contributed by atoms with Gasteiger partial charge in [0.2, 0.25) is 5.91 Å². The van der Waals surface area contributed by atoms with Gasteiger partial charge in [-0.25, -0.2) is 4.79 Å². The van der Waals surface area contributed by atoms with Crippen molar-refractivity contribution in [1.82, 2.24) is 14.8 Å². The van der Waals surface area contributed by atoms with Crippen LogP contribution in [0, 0.1) is 12.8 Å². The van der Waals surface area contributed by atoms with Gasteiger partial charge >= 0.3 is 6.03 Å². The fourth-order valence-corrected chi connectivity index (χ4v) is 3.70. The van der Waals surface area contributed by atoms with Gasteiger partial charge in [0.15, 0.2) is 0 Å². The predicted molar refractivity (Wildman–Crippen MR) is 118 cm³/mol. The van der Waals surface area contributed by atoms with E-state index in [1.807, 2.05) is 25.1 Å². The van der Waals surface area contributed by atoms with E-state index in [0.29, 0.717) is 30.3 Å². The lowest BCUT2D eigenvalue weighted by molar-refractivity contribution is -0.117. The van der Waals surface area contributed by atoms with Crippen LogP contribution in [0.15, 0.2) is 36.5 Å². The first-order chi connectivity index (χ1) is 14.8. The molecule has 166 valence electrons. The van der Waals surface area contributed by atoms with E-state index < -0.39 is 0 Å². The second kappa shape index (κ2) is 9.68. The molecule has 1 aliphatic heterocycles. The lowest BCUT2D eigenvalue weighted by atomic mass is 10.0. The highest BCUT2D eigenvalue weighted by Gasteiger charge is 2.39. The van der Waals surface area contributed by atoms with Gasteiger partial charge in [-0.3, -0.25) is 9.78 Å². The van der Waals surface area contributed by atoms with E-state index in [0.717, 1.165) is 11.3 Å². The Morgan fingerprint density at radius 3 is 2.61 bits per heavy atom. The summed E-state index contributed by atoms with van der Waals surface area (Å²) in [6, 6.07) is 8.96. The standard InChI is InChI=1S/C23H30N4O4/c1-15(2)20-13-26(12-17-7-9-19(30-4)10-21(17)31-5)23(29)27(20)14-22(28)25-18-8-6-16(3)24-11-18/h6-11,15,20H,12-14H2,1-5H3,(H,25,28)/t20-/m1/s1. The Kier molecular flexibility index (Phi) is 6.99. The number of carbonyl (C=O) groups excluding carboxylic acids is 2. The fourth-order valence-electron chi connectivity index (χ4n) is 3.70. The zero-order chi connectivity index (χ0) is 22.5. The molecule has 3 amide bonds. The number of anilines is 1. The van der Waals surface area contributed by atoms with Crippen LogP contribution in [0.25, 0.3) is 0 Å². The van der Waals surface area contributed by atoms with Crippen LogP contribution in [0.2, 0.25) is 0 Å². The third-order valence-corrected chi connectivity index (χ3v) is 5.46. The van der Waals surface area contributed by atoms with Gasteiger partial charge in [0.25, 0.3) is 0 Å². The molecule has 1 aliphatic rings. The third kappa shape index (κ3) is 5.25. The number of pyridine rings is 1. The van der Waals surface area contributed by atoms with Gasteiger partial charge in [-0.1, -0.05) is 13.8 Å². The quantitative estimate of drug-likeness (QED) is 0.700. The Balaban J connectivity index is 1.72. The molecular weight excluding hydrogens is 396 g/mol. The van der Waals surface area contributed by atoms with E-state index in [9.17, 15) is 9.59 Å². The number of ether oxygens (including phenoxy) is 2. The van der Waals surface area contributed by atoms with Crippen molar-refractivity contribution in [1.29, 1.82) is 0 Å². The summed E-state index contributed by atoms with van der Waals surface area (Å²) in [5, 5.41) is 2.82. The molecule has 1 saturated heterocycles. The first-order valence-corrected chi connectivity index (χ1v) is 10.3. The number of rotatable bonds is 8. The molecule has 0 radical (unpaired) electrons. The van der Waals surface area contributed by atoms with Gasteiger partial charge in [0.1, 0.15) is 18.0 Å². The molecule has 31 heavy (non-hydrogen) atoms. The van der Waals surface area contributed by atoms with E-state index in [-0.39, 0.29) is 30.4 Å². The first kappa shape index (κ1) is 22.4. The van der Waals surface area contributed by atoms with Gasteiger partial charge < -0.3 is 24.6 Å².